The highest BCUT2D eigenvalue weighted by Gasteiger charge is 2.36. The van der Waals surface area contributed by atoms with Gasteiger partial charge in [-0.25, -0.2) is 0 Å². The van der Waals surface area contributed by atoms with E-state index in [1.54, 1.807) is 24.3 Å². The second-order valence-corrected chi connectivity index (χ2v) is 4.44. The lowest BCUT2D eigenvalue weighted by atomic mass is 9.93. The molecule has 96 valence electrons. The van der Waals surface area contributed by atoms with Crippen molar-refractivity contribution in [3.05, 3.63) is 59.7 Å². The molecule has 0 fully saturated rings. The van der Waals surface area contributed by atoms with Crippen molar-refractivity contribution < 1.29 is 19.7 Å². The molecular formula is C15H12O4. The third-order valence-electron chi connectivity index (χ3n) is 3.17. The molecule has 1 aliphatic heterocycles. The molecule has 2 aromatic rings. The molecule has 0 aliphatic carbocycles. The third kappa shape index (κ3) is 1.96. The normalized spacial score (nSPS) is 21.6. The van der Waals surface area contributed by atoms with Crippen LogP contribution in [0.2, 0.25) is 0 Å². The molecule has 2 unspecified atom stereocenters. The Hall–Kier alpha value is -2.33. The SMILES string of the molecule is O=C1C(O)c2ccc(O)cc2OC1c1ccccc1. The number of fused-ring (bicyclic) bond motifs is 1. The number of aliphatic hydroxyl groups excluding tert-OH is 1. The molecule has 0 radical (unpaired) electrons. The van der Waals surface area contributed by atoms with Crippen LogP contribution in [0.4, 0.5) is 0 Å². The molecular weight excluding hydrogens is 244 g/mol. The van der Waals surface area contributed by atoms with Gasteiger partial charge in [-0.15, -0.1) is 0 Å². The molecule has 1 aliphatic rings. The summed E-state index contributed by atoms with van der Waals surface area (Å²) >= 11 is 0. The smallest absolute Gasteiger partial charge is 0.210 e. The van der Waals surface area contributed by atoms with Gasteiger partial charge in [0.1, 0.15) is 17.6 Å². The van der Waals surface area contributed by atoms with Gasteiger partial charge in [0, 0.05) is 11.6 Å². The monoisotopic (exact) mass is 256 g/mol. The van der Waals surface area contributed by atoms with Crippen molar-refractivity contribution in [1.29, 1.82) is 0 Å². The van der Waals surface area contributed by atoms with Crippen LogP contribution in [0, 0.1) is 0 Å². The molecule has 2 atom stereocenters. The van der Waals surface area contributed by atoms with E-state index in [9.17, 15) is 15.0 Å². The molecule has 0 aromatic heterocycles. The van der Waals surface area contributed by atoms with Crippen molar-refractivity contribution in [2.45, 2.75) is 12.2 Å². The van der Waals surface area contributed by atoms with Crippen LogP contribution in [0.15, 0.2) is 48.5 Å². The zero-order valence-electron chi connectivity index (χ0n) is 9.98. The van der Waals surface area contributed by atoms with Crippen molar-refractivity contribution in [3.8, 4) is 11.5 Å². The Morgan fingerprint density at radius 2 is 1.79 bits per heavy atom. The number of phenolic OH excluding ortho intramolecular Hbond substituents is 1. The van der Waals surface area contributed by atoms with E-state index in [1.807, 2.05) is 6.07 Å². The van der Waals surface area contributed by atoms with E-state index in [-0.39, 0.29) is 5.75 Å². The van der Waals surface area contributed by atoms with Gasteiger partial charge in [0.2, 0.25) is 5.78 Å². The van der Waals surface area contributed by atoms with Crippen LogP contribution in [0.3, 0.4) is 0 Å². The minimum Gasteiger partial charge on any atom is -0.508 e. The van der Waals surface area contributed by atoms with Gasteiger partial charge in [0.15, 0.2) is 6.10 Å². The Kier molecular flexibility index (Phi) is 2.72. The van der Waals surface area contributed by atoms with E-state index >= 15 is 0 Å². The molecule has 2 aromatic carbocycles. The summed E-state index contributed by atoms with van der Waals surface area (Å²) in [6.45, 7) is 0. The molecule has 3 rings (SSSR count). The van der Waals surface area contributed by atoms with Gasteiger partial charge in [0.25, 0.3) is 0 Å². The number of aliphatic hydroxyl groups is 1. The molecule has 0 spiro atoms. The third-order valence-corrected chi connectivity index (χ3v) is 3.17. The predicted octanol–water partition coefficient (Wildman–Crippen LogP) is 2.13. The van der Waals surface area contributed by atoms with Crippen molar-refractivity contribution in [2.24, 2.45) is 0 Å². The Morgan fingerprint density at radius 3 is 2.53 bits per heavy atom. The second kappa shape index (κ2) is 4.40. The minimum absolute atomic E-state index is 0.0344. The highest BCUT2D eigenvalue weighted by atomic mass is 16.5. The van der Waals surface area contributed by atoms with E-state index in [2.05, 4.69) is 0 Å². The summed E-state index contributed by atoms with van der Waals surface area (Å²) < 4.78 is 5.61. The number of ketones is 1. The lowest BCUT2D eigenvalue weighted by Gasteiger charge is -2.28. The predicted molar refractivity (Wildman–Crippen MR) is 67.9 cm³/mol. The van der Waals surface area contributed by atoms with Crippen molar-refractivity contribution in [3.63, 3.8) is 0 Å². The van der Waals surface area contributed by atoms with Gasteiger partial charge < -0.3 is 14.9 Å². The first-order valence-electron chi connectivity index (χ1n) is 5.93. The maximum absolute atomic E-state index is 12.1. The maximum Gasteiger partial charge on any atom is 0.210 e. The number of carbonyl (C=O) groups excluding carboxylic acids is 1. The van der Waals surface area contributed by atoms with Gasteiger partial charge in [-0.3, -0.25) is 4.79 Å². The van der Waals surface area contributed by atoms with Crippen LogP contribution in [-0.2, 0) is 4.79 Å². The van der Waals surface area contributed by atoms with Crippen LogP contribution in [0.5, 0.6) is 11.5 Å². The molecule has 0 bridgehead atoms. The Bertz CT molecular complexity index is 621. The zero-order valence-corrected chi connectivity index (χ0v) is 9.98. The molecule has 0 amide bonds. The lowest BCUT2D eigenvalue weighted by molar-refractivity contribution is -0.137. The number of hydrogen-bond donors (Lipinski definition) is 2. The first-order chi connectivity index (χ1) is 9.16. The number of Topliss-reactive ketones (excluding diaryl/α,β-unsaturated/α-hetero) is 1. The fourth-order valence-corrected chi connectivity index (χ4v) is 2.19. The fraction of sp³-hybridized carbons (Fsp3) is 0.133. The van der Waals surface area contributed by atoms with Gasteiger partial charge in [-0.05, 0) is 17.7 Å². The van der Waals surface area contributed by atoms with E-state index in [0.717, 1.165) is 0 Å². The summed E-state index contributed by atoms with van der Waals surface area (Å²) in [5, 5.41) is 19.5. The number of aromatic hydroxyl groups is 1. The Labute approximate surface area is 109 Å². The van der Waals surface area contributed by atoms with Crippen molar-refractivity contribution >= 4 is 5.78 Å². The van der Waals surface area contributed by atoms with E-state index in [1.165, 1.54) is 18.2 Å². The van der Waals surface area contributed by atoms with Crippen LogP contribution >= 0.6 is 0 Å². The number of hydrogen-bond acceptors (Lipinski definition) is 4. The number of rotatable bonds is 1. The summed E-state index contributed by atoms with van der Waals surface area (Å²) in [4.78, 5) is 12.1. The van der Waals surface area contributed by atoms with E-state index in [0.29, 0.717) is 16.9 Å². The second-order valence-electron chi connectivity index (χ2n) is 4.44. The highest BCUT2D eigenvalue weighted by molar-refractivity contribution is 5.91. The van der Waals surface area contributed by atoms with Crippen LogP contribution in [0.25, 0.3) is 0 Å². The first kappa shape index (κ1) is 11.7. The molecule has 4 nitrogen and oxygen atoms in total. The van der Waals surface area contributed by atoms with Gasteiger partial charge >= 0.3 is 0 Å². The van der Waals surface area contributed by atoms with Gasteiger partial charge in [0.05, 0.1) is 0 Å². The van der Waals surface area contributed by atoms with Gasteiger partial charge in [-0.1, -0.05) is 30.3 Å². The highest BCUT2D eigenvalue weighted by Crippen LogP contribution is 2.39. The fourth-order valence-electron chi connectivity index (χ4n) is 2.19. The molecule has 2 N–H and O–H groups in total. The topological polar surface area (TPSA) is 66.8 Å². The van der Waals surface area contributed by atoms with Gasteiger partial charge in [-0.2, -0.15) is 0 Å². The maximum atomic E-state index is 12.1. The summed E-state index contributed by atoms with van der Waals surface area (Å²) in [5.74, 6) is -0.0301. The summed E-state index contributed by atoms with van der Waals surface area (Å²) in [6.07, 6.45) is -2.07. The molecule has 4 heteroatoms. The molecule has 0 saturated carbocycles. The summed E-state index contributed by atoms with van der Waals surface area (Å²) in [7, 11) is 0. The lowest BCUT2D eigenvalue weighted by Crippen LogP contribution is -2.29. The number of ether oxygens (including phenoxy) is 1. The first-order valence-corrected chi connectivity index (χ1v) is 5.93. The molecule has 1 heterocycles. The summed E-state index contributed by atoms with van der Waals surface area (Å²) in [6, 6.07) is 13.3. The average molecular weight is 256 g/mol. The van der Waals surface area contributed by atoms with Crippen molar-refractivity contribution in [2.75, 3.05) is 0 Å². The minimum atomic E-state index is -1.23. The van der Waals surface area contributed by atoms with Crippen LogP contribution in [-0.4, -0.2) is 16.0 Å². The number of carbonyl (C=O) groups is 1. The standard InChI is InChI=1S/C15H12O4/c16-10-6-7-11-12(8-10)19-15(14(18)13(11)17)9-4-2-1-3-5-9/h1-8,13,15-17H. The quantitative estimate of drug-likeness (QED) is 0.820. The number of benzene rings is 2. The largest absolute Gasteiger partial charge is 0.508 e. The average Bonchev–Trinajstić information content (AvgIpc) is 2.43. The Morgan fingerprint density at radius 1 is 1.05 bits per heavy atom. The van der Waals surface area contributed by atoms with Crippen molar-refractivity contribution in [1.82, 2.24) is 0 Å². The van der Waals surface area contributed by atoms with Crippen LogP contribution in [0.1, 0.15) is 23.3 Å². The number of phenols is 1. The van der Waals surface area contributed by atoms with E-state index < -0.39 is 18.0 Å². The molecule has 19 heavy (non-hydrogen) atoms. The van der Waals surface area contributed by atoms with Crippen LogP contribution < -0.4 is 4.74 Å². The Balaban J connectivity index is 2.05. The van der Waals surface area contributed by atoms with E-state index in [4.69, 9.17) is 4.74 Å². The molecule has 0 saturated heterocycles. The zero-order chi connectivity index (χ0) is 13.4. The summed E-state index contributed by atoms with van der Waals surface area (Å²) in [5.41, 5.74) is 1.07.